The number of allylic oxidation sites excluding steroid dienone is 1. The predicted molar refractivity (Wildman–Crippen MR) is 91.2 cm³/mol. The van der Waals surface area contributed by atoms with E-state index in [2.05, 4.69) is 42.5 Å². The number of aliphatic hydroxyl groups is 1. The number of aliphatic hydroxyl groups excluding tert-OH is 1. The molecule has 1 atom stereocenters. The van der Waals surface area contributed by atoms with Gasteiger partial charge in [0.2, 0.25) is 0 Å². The highest BCUT2D eigenvalue weighted by atomic mass is 16.3. The summed E-state index contributed by atoms with van der Waals surface area (Å²) in [5, 5.41) is 10.9. The molecule has 1 N–H and O–H groups in total. The average Bonchev–Trinajstić information content (AvgIpc) is 2.90. The van der Waals surface area contributed by atoms with Crippen molar-refractivity contribution >= 4 is 11.1 Å². The van der Waals surface area contributed by atoms with Gasteiger partial charge in [0, 0.05) is 0 Å². The summed E-state index contributed by atoms with van der Waals surface area (Å²) in [5.41, 5.74) is 6.09. The summed E-state index contributed by atoms with van der Waals surface area (Å²) < 4.78 is 0. The maximum absolute atomic E-state index is 10.9. The summed E-state index contributed by atoms with van der Waals surface area (Å²) in [6, 6.07) is 18.8. The molecule has 22 heavy (non-hydrogen) atoms. The highest BCUT2D eigenvalue weighted by molar-refractivity contribution is 5.99. The summed E-state index contributed by atoms with van der Waals surface area (Å²) in [6.45, 7) is 0. The fourth-order valence-corrected chi connectivity index (χ4v) is 4.19. The minimum atomic E-state index is -0.476. The van der Waals surface area contributed by atoms with E-state index in [-0.39, 0.29) is 0 Å². The first-order chi connectivity index (χ1) is 10.9. The lowest BCUT2D eigenvalue weighted by molar-refractivity contribution is 0.241. The Morgan fingerprint density at radius 3 is 2.18 bits per heavy atom. The molecule has 1 nitrogen and oxygen atoms in total. The van der Waals surface area contributed by atoms with Gasteiger partial charge in [0.05, 0.1) is 0 Å². The van der Waals surface area contributed by atoms with Crippen molar-refractivity contribution in [1.82, 2.24) is 0 Å². The molecule has 0 saturated heterocycles. The van der Waals surface area contributed by atoms with E-state index >= 15 is 0 Å². The van der Waals surface area contributed by atoms with E-state index in [1.807, 2.05) is 12.1 Å². The van der Waals surface area contributed by atoms with Crippen LogP contribution in [0.4, 0.5) is 0 Å². The van der Waals surface area contributed by atoms with Crippen molar-refractivity contribution in [2.75, 3.05) is 0 Å². The fraction of sp³-hybridized carbons (Fsp3) is 0.333. The molecular weight excluding hydrogens is 268 g/mol. The molecule has 2 aromatic rings. The maximum Gasteiger partial charge on any atom is 0.106 e. The van der Waals surface area contributed by atoms with E-state index < -0.39 is 6.10 Å². The lowest BCUT2D eigenvalue weighted by Gasteiger charge is -2.25. The zero-order chi connectivity index (χ0) is 14.9. The van der Waals surface area contributed by atoms with Crippen molar-refractivity contribution in [2.24, 2.45) is 5.92 Å². The largest absolute Gasteiger partial charge is 0.384 e. The Labute approximate surface area is 132 Å². The van der Waals surface area contributed by atoms with Gasteiger partial charge in [-0.05, 0) is 46.6 Å². The minimum Gasteiger partial charge on any atom is -0.384 e. The monoisotopic (exact) mass is 290 g/mol. The Balaban J connectivity index is 1.89. The van der Waals surface area contributed by atoms with Gasteiger partial charge >= 0.3 is 0 Å². The molecule has 0 spiro atoms. The Bertz CT molecular complexity index is 693. The molecule has 2 aliphatic carbocycles. The highest BCUT2D eigenvalue weighted by Crippen LogP contribution is 2.51. The first-order valence-corrected chi connectivity index (χ1v) is 8.43. The average molecular weight is 290 g/mol. The van der Waals surface area contributed by atoms with Gasteiger partial charge < -0.3 is 5.11 Å². The Hall–Kier alpha value is -1.86. The Kier molecular flexibility index (Phi) is 3.59. The van der Waals surface area contributed by atoms with Crippen LogP contribution in [0.1, 0.15) is 54.9 Å². The van der Waals surface area contributed by atoms with E-state index in [1.165, 1.54) is 48.8 Å². The summed E-state index contributed by atoms with van der Waals surface area (Å²) in [7, 11) is 0. The molecule has 0 aliphatic heterocycles. The molecule has 0 heterocycles. The minimum absolute atomic E-state index is 0.476. The molecule has 112 valence electrons. The number of rotatable bonds is 2. The zero-order valence-corrected chi connectivity index (χ0v) is 12.8. The van der Waals surface area contributed by atoms with E-state index in [9.17, 15) is 5.11 Å². The van der Waals surface area contributed by atoms with E-state index in [1.54, 1.807) is 0 Å². The SMILES string of the molecule is OC1C(c2ccccc2)=C(C2CCCCC2)c2ccccc21. The van der Waals surface area contributed by atoms with Crippen molar-refractivity contribution in [1.29, 1.82) is 0 Å². The molecule has 1 saturated carbocycles. The summed E-state index contributed by atoms with van der Waals surface area (Å²) in [4.78, 5) is 0. The molecular formula is C21H22O. The van der Waals surface area contributed by atoms with Gasteiger partial charge in [-0.15, -0.1) is 0 Å². The molecule has 0 radical (unpaired) electrons. The number of fused-ring (bicyclic) bond motifs is 1. The second kappa shape index (κ2) is 5.73. The van der Waals surface area contributed by atoms with Gasteiger partial charge in [-0.3, -0.25) is 0 Å². The smallest absolute Gasteiger partial charge is 0.106 e. The first-order valence-electron chi connectivity index (χ1n) is 8.43. The van der Waals surface area contributed by atoms with Crippen LogP contribution in [0.25, 0.3) is 11.1 Å². The van der Waals surface area contributed by atoms with Crippen molar-refractivity contribution in [3.05, 3.63) is 71.3 Å². The predicted octanol–water partition coefficient (Wildman–Crippen LogP) is 5.22. The van der Waals surface area contributed by atoms with Crippen LogP contribution in [0.15, 0.2) is 54.6 Å². The molecule has 4 rings (SSSR count). The summed E-state index contributed by atoms with van der Waals surface area (Å²) in [6.07, 6.45) is 6.02. The third kappa shape index (κ3) is 2.21. The quantitative estimate of drug-likeness (QED) is 0.803. The Morgan fingerprint density at radius 2 is 1.41 bits per heavy atom. The van der Waals surface area contributed by atoms with E-state index in [4.69, 9.17) is 0 Å². The molecule has 0 bridgehead atoms. The van der Waals surface area contributed by atoms with Gasteiger partial charge in [-0.2, -0.15) is 0 Å². The van der Waals surface area contributed by atoms with Crippen LogP contribution in [-0.4, -0.2) is 5.11 Å². The standard InChI is InChI=1S/C21H22O/c22-21-18-14-8-7-13-17(18)19(15-9-3-1-4-10-15)20(21)16-11-5-2-6-12-16/h2,5-8,11-15,21-22H,1,3-4,9-10H2. The molecule has 0 amide bonds. The number of hydrogen-bond donors (Lipinski definition) is 1. The van der Waals surface area contributed by atoms with Gasteiger partial charge in [-0.1, -0.05) is 73.9 Å². The summed E-state index contributed by atoms with van der Waals surface area (Å²) in [5.74, 6) is 0.599. The van der Waals surface area contributed by atoms with Crippen molar-refractivity contribution in [3.8, 4) is 0 Å². The van der Waals surface area contributed by atoms with Crippen molar-refractivity contribution in [3.63, 3.8) is 0 Å². The third-order valence-electron chi connectivity index (χ3n) is 5.21. The molecule has 1 unspecified atom stereocenters. The number of hydrogen-bond acceptors (Lipinski definition) is 1. The van der Waals surface area contributed by atoms with Crippen LogP contribution < -0.4 is 0 Å². The van der Waals surface area contributed by atoms with Crippen LogP contribution in [0.2, 0.25) is 0 Å². The van der Waals surface area contributed by atoms with Crippen molar-refractivity contribution in [2.45, 2.75) is 38.2 Å². The molecule has 1 fully saturated rings. The molecule has 2 aliphatic rings. The fourth-order valence-electron chi connectivity index (χ4n) is 4.19. The van der Waals surface area contributed by atoms with Crippen LogP contribution in [0.3, 0.4) is 0 Å². The number of benzene rings is 2. The van der Waals surface area contributed by atoms with Gasteiger partial charge in [0.1, 0.15) is 6.10 Å². The topological polar surface area (TPSA) is 20.2 Å². The normalized spacial score (nSPS) is 22.0. The van der Waals surface area contributed by atoms with Crippen LogP contribution in [0.5, 0.6) is 0 Å². The second-order valence-corrected chi connectivity index (χ2v) is 6.52. The van der Waals surface area contributed by atoms with Crippen LogP contribution >= 0.6 is 0 Å². The lowest BCUT2D eigenvalue weighted by atomic mass is 9.80. The maximum atomic E-state index is 10.9. The van der Waals surface area contributed by atoms with Gasteiger partial charge in [-0.25, -0.2) is 0 Å². The Morgan fingerprint density at radius 1 is 0.727 bits per heavy atom. The van der Waals surface area contributed by atoms with Crippen molar-refractivity contribution < 1.29 is 5.11 Å². The van der Waals surface area contributed by atoms with Gasteiger partial charge in [0.25, 0.3) is 0 Å². The third-order valence-corrected chi connectivity index (χ3v) is 5.21. The van der Waals surface area contributed by atoms with Crippen LogP contribution in [0, 0.1) is 5.92 Å². The summed E-state index contributed by atoms with van der Waals surface area (Å²) >= 11 is 0. The van der Waals surface area contributed by atoms with E-state index in [0.29, 0.717) is 5.92 Å². The molecule has 2 aromatic carbocycles. The lowest BCUT2D eigenvalue weighted by Crippen LogP contribution is -2.09. The second-order valence-electron chi connectivity index (χ2n) is 6.52. The molecule has 0 aromatic heterocycles. The molecule has 1 heteroatoms. The van der Waals surface area contributed by atoms with E-state index in [0.717, 1.165) is 11.1 Å². The van der Waals surface area contributed by atoms with Gasteiger partial charge in [0.15, 0.2) is 0 Å². The van der Waals surface area contributed by atoms with Crippen LogP contribution in [-0.2, 0) is 0 Å². The highest BCUT2D eigenvalue weighted by Gasteiger charge is 2.34. The zero-order valence-electron chi connectivity index (χ0n) is 12.8. The first kappa shape index (κ1) is 13.8.